The molecule has 2 aromatic heterocycles. The van der Waals surface area contributed by atoms with Crippen LogP contribution in [0.3, 0.4) is 0 Å². The first kappa shape index (κ1) is 17.3. The van der Waals surface area contributed by atoms with Gasteiger partial charge in [0.1, 0.15) is 0 Å². The fourth-order valence-corrected chi connectivity index (χ4v) is 3.68. The molecule has 0 amide bonds. The number of imidazole rings is 1. The van der Waals surface area contributed by atoms with E-state index in [9.17, 15) is 5.11 Å². The molecule has 31 heavy (non-hydrogen) atoms. The molecule has 7 heteroatoms. The van der Waals surface area contributed by atoms with Gasteiger partial charge in [-0.2, -0.15) is 0 Å². The first-order valence-corrected chi connectivity index (χ1v) is 9.79. The van der Waals surface area contributed by atoms with Crippen molar-refractivity contribution in [3.8, 4) is 0 Å². The van der Waals surface area contributed by atoms with E-state index in [0.29, 0.717) is 11.0 Å². The predicted molar refractivity (Wildman–Crippen MR) is 122 cm³/mol. The number of nitrogens with one attached hydrogen (secondary N) is 2. The Hall–Kier alpha value is -4.52. The molecule has 6 heterocycles. The van der Waals surface area contributed by atoms with Gasteiger partial charge in [0.25, 0.3) is 0 Å². The maximum atomic E-state index is 10.8. The van der Waals surface area contributed by atoms with E-state index >= 15 is 0 Å². The number of aromatic nitrogens is 3. The van der Waals surface area contributed by atoms with Crippen LogP contribution in [0.25, 0.3) is 17.9 Å². The number of rotatable bonds is 1. The molecule has 0 unspecified atom stereocenters. The van der Waals surface area contributed by atoms with Crippen molar-refractivity contribution in [3.63, 3.8) is 0 Å². The van der Waals surface area contributed by atoms with Crippen molar-refractivity contribution in [1.29, 1.82) is 0 Å². The van der Waals surface area contributed by atoms with E-state index in [1.807, 2.05) is 66.8 Å². The van der Waals surface area contributed by atoms with Crippen LogP contribution in [0.5, 0.6) is 0 Å². The Kier molecular flexibility index (Phi) is 3.79. The molecule has 7 nitrogen and oxygen atoms in total. The molecule has 4 aliphatic rings. The highest BCUT2D eigenvalue weighted by atomic mass is 16.3. The summed E-state index contributed by atoms with van der Waals surface area (Å²) in [6.45, 7) is 0. The fourth-order valence-electron chi connectivity index (χ4n) is 3.68. The number of aliphatic hydroxyl groups is 1. The Morgan fingerprint density at radius 2 is 1.35 bits per heavy atom. The van der Waals surface area contributed by atoms with Crippen molar-refractivity contribution in [1.82, 2.24) is 15.0 Å². The minimum Gasteiger partial charge on any atom is -0.504 e. The number of H-pyrrole nitrogens is 2. The smallest absolute Gasteiger partial charge is 0.173 e. The van der Waals surface area contributed by atoms with Crippen LogP contribution in [0.1, 0.15) is 11.5 Å². The first-order valence-electron chi connectivity index (χ1n) is 9.79. The van der Waals surface area contributed by atoms with E-state index in [1.54, 1.807) is 12.4 Å². The summed E-state index contributed by atoms with van der Waals surface area (Å²) in [5.41, 5.74) is 5.73. The summed E-state index contributed by atoms with van der Waals surface area (Å²) in [5.74, 6) is 0.456. The lowest BCUT2D eigenvalue weighted by atomic mass is 10.2. The third kappa shape index (κ3) is 3.28. The second kappa shape index (κ2) is 6.77. The van der Waals surface area contributed by atoms with Crippen molar-refractivity contribution >= 4 is 35.0 Å². The van der Waals surface area contributed by atoms with Crippen LogP contribution in [0.15, 0.2) is 99.1 Å². The van der Waals surface area contributed by atoms with Crippen LogP contribution in [-0.4, -0.2) is 37.2 Å². The van der Waals surface area contributed by atoms with Crippen molar-refractivity contribution in [3.05, 3.63) is 106 Å². The van der Waals surface area contributed by atoms with Gasteiger partial charge in [-0.25, -0.2) is 20.0 Å². The summed E-state index contributed by atoms with van der Waals surface area (Å²) in [6.07, 6.45) is 22.7. The third-order valence-corrected chi connectivity index (χ3v) is 5.08. The van der Waals surface area contributed by atoms with Crippen LogP contribution in [-0.2, 0) is 0 Å². The van der Waals surface area contributed by atoms with Gasteiger partial charge >= 0.3 is 0 Å². The molecule has 4 aliphatic heterocycles. The van der Waals surface area contributed by atoms with Gasteiger partial charge in [-0.3, -0.25) is 0 Å². The van der Waals surface area contributed by atoms with Gasteiger partial charge in [-0.05, 0) is 66.8 Å². The van der Waals surface area contributed by atoms with E-state index in [-0.39, 0.29) is 5.76 Å². The topological polar surface area (TPSA) is 102 Å². The Labute approximate surface area is 176 Å². The second-order valence-corrected chi connectivity index (χ2v) is 7.30. The summed E-state index contributed by atoms with van der Waals surface area (Å²) in [5, 5.41) is 12.2. The molecule has 0 saturated heterocycles. The van der Waals surface area contributed by atoms with Gasteiger partial charge < -0.3 is 15.1 Å². The molecule has 148 valence electrons. The van der Waals surface area contributed by atoms with Gasteiger partial charge in [0.2, 0.25) is 0 Å². The highest BCUT2D eigenvalue weighted by Crippen LogP contribution is 2.18. The number of aliphatic imine (C=N–C) groups is 3. The summed E-state index contributed by atoms with van der Waals surface area (Å²) < 4.78 is 0. The number of aromatic amines is 2. The number of hydrogen-bond acceptors (Lipinski definition) is 5. The number of aliphatic hydroxyl groups excluding tert-OH is 1. The largest absolute Gasteiger partial charge is 0.504 e. The Morgan fingerprint density at radius 3 is 1.97 bits per heavy atom. The van der Waals surface area contributed by atoms with Crippen molar-refractivity contribution in [2.45, 2.75) is 0 Å². The zero-order valence-electron chi connectivity index (χ0n) is 16.2. The number of allylic oxidation sites excluding steroid dienone is 8. The fraction of sp³-hybridized carbons (Fsp3) is 0. The third-order valence-electron chi connectivity index (χ3n) is 5.08. The van der Waals surface area contributed by atoms with Crippen LogP contribution < -0.4 is 10.6 Å². The molecule has 2 aromatic rings. The van der Waals surface area contributed by atoms with Crippen molar-refractivity contribution < 1.29 is 5.11 Å². The van der Waals surface area contributed by atoms with E-state index in [4.69, 9.17) is 0 Å². The monoisotopic (exact) mass is 404 g/mol. The van der Waals surface area contributed by atoms with Crippen LogP contribution in [0, 0.1) is 0 Å². The molecule has 8 bridgehead atoms. The number of nitrogens with zero attached hydrogens (tertiary/aromatic N) is 4. The molecule has 0 radical (unpaired) electrons. The molecule has 6 rings (SSSR count). The second-order valence-electron chi connectivity index (χ2n) is 7.30. The summed E-state index contributed by atoms with van der Waals surface area (Å²) in [4.78, 5) is 24.4. The lowest BCUT2D eigenvalue weighted by molar-refractivity contribution is 0.501. The molecule has 0 fully saturated rings. The molecule has 0 aliphatic carbocycles. The van der Waals surface area contributed by atoms with Gasteiger partial charge in [0, 0.05) is 23.3 Å². The van der Waals surface area contributed by atoms with Crippen LogP contribution in [0.2, 0.25) is 0 Å². The lowest BCUT2D eigenvalue weighted by Crippen LogP contribution is -2.26. The van der Waals surface area contributed by atoms with Crippen molar-refractivity contribution in [2.75, 3.05) is 0 Å². The Bertz CT molecular complexity index is 1510. The van der Waals surface area contributed by atoms with E-state index in [1.165, 1.54) is 0 Å². The van der Waals surface area contributed by atoms with Gasteiger partial charge in [0.05, 0.1) is 39.6 Å². The van der Waals surface area contributed by atoms with Crippen LogP contribution in [0.4, 0.5) is 0 Å². The zero-order valence-corrected chi connectivity index (χ0v) is 16.2. The standard InChI is InChI=1S/C24H16N6O/c31-23(24-25-7-8-26-24)21-12-20-11-18-4-3-16(28-18)9-14-1-2-15(27-14)10-17-5-6-19(29-17)13-22(21)30-20/h1-13,30-31H,(H,25,26)/b14-9?,17-10?,18-11?,22-13?,23-21-. The quantitative estimate of drug-likeness (QED) is 0.680. The number of hydrogen-bond donors (Lipinski definition) is 3. The molecule has 0 spiro atoms. The average molecular weight is 404 g/mol. The van der Waals surface area contributed by atoms with Gasteiger partial charge in [-0.1, -0.05) is 0 Å². The van der Waals surface area contributed by atoms with Crippen molar-refractivity contribution in [2.24, 2.45) is 15.0 Å². The van der Waals surface area contributed by atoms with E-state index in [0.717, 1.165) is 45.3 Å². The van der Waals surface area contributed by atoms with Gasteiger partial charge in [-0.15, -0.1) is 0 Å². The summed E-state index contributed by atoms with van der Waals surface area (Å²) >= 11 is 0. The highest BCUT2D eigenvalue weighted by molar-refractivity contribution is 6.20. The van der Waals surface area contributed by atoms with E-state index in [2.05, 4.69) is 29.9 Å². The predicted octanol–water partition coefficient (Wildman–Crippen LogP) is 2.39. The van der Waals surface area contributed by atoms with E-state index < -0.39 is 0 Å². The minimum atomic E-state index is 0.0566. The Morgan fingerprint density at radius 1 is 0.742 bits per heavy atom. The average Bonchev–Trinajstić information content (AvgIpc) is 3.55. The van der Waals surface area contributed by atoms with Crippen LogP contribution >= 0.6 is 0 Å². The lowest BCUT2D eigenvalue weighted by Gasteiger charge is -1.93. The summed E-state index contributed by atoms with van der Waals surface area (Å²) in [6, 6.07) is 1.88. The molecule has 0 atom stereocenters. The molecule has 3 N–H and O–H groups in total. The minimum absolute atomic E-state index is 0.0566. The molecular weight excluding hydrogens is 388 g/mol. The maximum absolute atomic E-state index is 10.8. The molecule has 0 aromatic carbocycles. The zero-order chi connectivity index (χ0) is 20.8. The molecular formula is C24H16N6O. The number of fused-ring (bicyclic) bond motifs is 5. The van der Waals surface area contributed by atoms with Gasteiger partial charge in [0.15, 0.2) is 11.6 Å². The Balaban J connectivity index is 1.60. The summed E-state index contributed by atoms with van der Waals surface area (Å²) in [7, 11) is 0. The normalized spacial score (nSPS) is 19.4. The molecule has 0 saturated carbocycles. The maximum Gasteiger partial charge on any atom is 0.173 e. The SMILES string of the molecule is O/C(c1ncc[nH]1)=c1/cc2[nH]c1=CC1=NC(=CC3=NC(=CC4=NC(=C2)C=C4)C=C3)C=C1. The first-order chi connectivity index (χ1) is 15.2. The highest BCUT2D eigenvalue weighted by Gasteiger charge is 2.11.